The Morgan fingerprint density at radius 2 is 2.16 bits per heavy atom. The van der Waals surface area contributed by atoms with Gasteiger partial charge in [-0.25, -0.2) is 0 Å². The molecule has 1 atom stereocenters. The third-order valence-corrected chi connectivity index (χ3v) is 3.63. The lowest BCUT2D eigenvalue weighted by Gasteiger charge is -2.15. The maximum Gasteiger partial charge on any atom is 0.223 e. The van der Waals surface area contributed by atoms with Crippen LogP contribution in [0.25, 0.3) is 0 Å². The van der Waals surface area contributed by atoms with E-state index < -0.39 is 0 Å². The summed E-state index contributed by atoms with van der Waals surface area (Å²) >= 11 is 0. The summed E-state index contributed by atoms with van der Waals surface area (Å²) in [5, 5.41) is 0. The Kier molecular flexibility index (Phi) is 4.61. The van der Waals surface area contributed by atoms with Gasteiger partial charge in [-0.15, -0.1) is 6.58 Å². The van der Waals surface area contributed by atoms with E-state index in [1.54, 1.807) is 7.11 Å². The van der Waals surface area contributed by atoms with E-state index in [0.29, 0.717) is 12.3 Å². The van der Waals surface area contributed by atoms with Crippen molar-refractivity contribution in [3.63, 3.8) is 0 Å². The molecule has 0 aliphatic carbocycles. The molecule has 0 radical (unpaired) electrons. The Morgan fingerprint density at radius 3 is 2.74 bits per heavy atom. The molecule has 1 amide bonds. The lowest BCUT2D eigenvalue weighted by atomic mass is 10.1. The van der Waals surface area contributed by atoms with Crippen molar-refractivity contribution in [2.24, 2.45) is 5.92 Å². The van der Waals surface area contributed by atoms with Crippen LogP contribution in [0.2, 0.25) is 0 Å². The third kappa shape index (κ3) is 3.60. The molecule has 0 spiro atoms. The van der Waals surface area contributed by atoms with Gasteiger partial charge in [0.05, 0.1) is 7.11 Å². The van der Waals surface area contributed by atoms with E-state index in [0.717, 1.165) is 31.7 Å². The Bertz CT molecular complexity index is 439. The van der Waals surface area contributed by atoms with Gasteiger partial charge < -0.3 is 9.64 Å². The standard InChI is InChI=1S/C16H21NO2/c1-3-13-11-16(18)17(12-13)10-4-5-14-6-8-15(19-2)9-7-14/h3,6-9,13H,1,4-5,10-12H2,2H3. The SMILES string of the molecule is C=CC1CC(=O)N(CCCc2ccc(OC)cc2)C1. The molecule has 0 aromatic heterocycles. The minimum Gasteiger partial charge on any atom is -0.497 e. The molecule has 1 aromatic carbocycles. The lowest BCUT2D eigenvalue weighted by Crippen LogP contribution is -2.26. The molecule has 0 saturated carbocycles. The average Bonchev–Trinajstić information content (AvgIpc) is 2.80. The van der Waals surface area contributed by atoms with Crippen molar-refractivity contribution < 1.29 is 9.53 Å². The molecule has 1 aliphatic heterocycles. The number of nitrogens with zero attached hydrogens (tertiary/aromatic N) is 1. The predicted octanol–water partition coefficient (Wildman–Crippen LogP) is 2.66. The van der Waals surface area contributed by atoms with E-state index >= 15 is 0 Å². The number of hydrogen-bond acceptors (Lipinski definition) is 2. The number of likely N-dealkylation sites (tertiary alicyclic amines) is 1. The van der Waals surface area contributed by atoms with Crippen molar-refractivity contribution in [2.75, 3.05) is 20.2 Å². The molecule has 3 heteroatoms. The van der Waals surface area contributed by atoms with Gasteiger partial charge in [-0.05, 0) is 30.5 Å². The summed E-state index contributed by atoms with van der Waals surface area (Å²) in [5.41, 5.74) is 1.28. The van der Waals surface area contributed by atoms with Crippen LogP contribution in [-0.4, -0.2) is 31.0 Å². The molecule has 19 heavy (non-hydrogen) atoms. The summed E-state index contributed by atoms with van der Waals surface area (Å²) in [6.45, 7) is 5.45. The number of aryl methyl sites for hydroxylation is 1. The molecule has 1 heterocycles. The predicted molar refractivity (Wildman–Crippen MR) is 76.2 cm³/mol. The number of carbonyl (C=O) groups is 1. The van der Waals surface area contributed by atoms with Gasteiger partial charge in [0.1, 0.15) is 5.75 Å². The number of carbonyl (C=O) groups excluding carboxylic acids is 1. The van der Waals surface area contributed by atoms with Gasteiger partial charge in [0.15, 0.2) is 0 Å². The molecule has 0 bridgehead atoms. The van der Waals surface area contributed by atoms with E-state index in [1.807, 2.05) is 23.1 Å². The Labute approximate surface area is 114 Å². The van der Waals surface area contributed by atoms with E-state index in [4.69, 9.17) is 4.74 Å². The maximum atomic E-state index is 11.7. The second-order valence-corrected chi connectivity index (χ2v) is 4.99. The van der Waals surface area contributed by atoms with Crippen molar-refractivity contribution in [3.8, 4) is 5.75 Å². The molecular formula is C16H21NO2. The van der Waals surface area contributed by atoms with E-state index in [2.05, 4.69) is 18.7 Å². The molecule has 1 unspecified atom stereocenters. The molecule has 1 saturated heterocycles. The first-order chi connectivity index (χ1) is 9.22. The van der Waals surface area contributed by atoms with Crippen LogP contribution in [0.3, 0.4) is 0 Å². The topological polar surface area (TPSA) is 29.5 Å². The largest absolute Gasteiger partial charge is 0.497 e. The molecule has 1 aromatic rings. The van der Waals surface area contributed by atoms with Crippen molar-refractivity contribution in [1.82, 2.24) is 4.90 Å². The van der Waals surface area contributed by atoms with Gasteiger partial charge in [0.2, 0.25) is 5.91 Å². The highest BCUT2D eigenvalue weighted by Crippen LogP contribution is 2.19. The normalized spacial score (nSPS) is 18.7. The van der Waals surface area contributed by atoms with Crippen LogP contribution in [0.1, 0.15) is 18.4 Å². The average molecular weight is 259 g/mol. The molecule has 3 nitrogen and oxygen atoms in total. The monoisotopic (exact) mass is 259 g/mol. The molecule has 1 aliphatic rings. The van der Waals surface area contributed by atoms with Crippen LogP contribution < -0.4 is 4.74 Å². The van der Waals surface area contributed by atoms with Crippen LogP contribution in [-0.2, 0) is 11.2 Å². The van der Waals surface area contributed by atoms with E-state index in [1.165, 1.54) is 5.56 Å². The number of rotatable bonds is 6. The Balaban J connectivity index is 1.77. The van der Waals surface area contributed by atoms with Crippen molar-refractivity contribution in [3.05, 3.63) is 42.5 Å². The summed E-state index contributed by atoms with van der Waals surface area (Å²) in [4.78, 5) is 13.7. The van der Waals surface area contributed by atoms with Crippen molar-refractivity contribution >= 4 is 5.91 Å². The summed E-state index contributed by atoms with van der Waals surface area (Å²) in [6.07, 6.45) is 4.52. The summed E-state index contributed by atoms with van der Waals surface area (Å²) in [7, 11) is 1.67. The van der Waals surface area contributed by atoms with Crippen LogP contribution in [0, 0.1) is 5.92 Å². The Morgan fingerprint density at radius 1 is 1.42 bits per heavy atom. The fourth-order valence-corrected chi connectivity index (χ4v) is 2.44. The van der Waals surface area contributed by atoms with Crippen molar-refractivity contribution in [2.45, 2.75) is 19.3 Å². The fourth-order valence-electron chi connectivity index (χ4n) is 2.44. The highest BCUT2D eigenvalue weighted by molar-refractivity contribution is 5.78. The van der Waals surface area contributed by atoms with E-state index in [9.17, 15) is 4.79 Å². The van der Waals surface area contributed by atoms with Gasteiger partial charge in [0.25, 0.3) is 0 Å². The number of ether oxygens (including phenoxy) is 1. The molecule has 1 fully saturated rings. The third-order valence-electron chi connectivity index (χ3n) is 3.63. The number of methoxy groups -OCH3 is 1. The second kappa shape index (κ2) is 6.41. The van der Waals surface area contributed by atoms with Gasteiger partial charge in [-0.3, -0.25) is 4.79 Å². The van der Waals surface area contributed by atoms with Crippen LogP contribution in [0.4, 0.5) is 0 Å². The zero-order valence-corrected chi connectivity index (χ0v) is 11.5. The first-order valence-corrected chi connectivity index (χ1v) is 6.76. The lowest BCUT2D eigenvalue weighted by molar-refractivity contribution is -0.127. The first kappa shape index (κ1) is 13.7. The van der Waals surface area contributed by atoms with E-state index in [-0.39, 0.29) is 5.91 Å². The zero-order chi connectivity index (χ0) is 13.7. The first-order valence-electron chi connectivity index (χ1n) is 6.76. The Hall–Kier alpha value is -1.77. The summed E-state index contributed by atoms with van der Waals surface area (Å²) < 4.78 is 5.13. The molecular weight excluding hydrogens is 238 g/mol. The highest BCUT2D eigenvalue weighted by atomic mass is 16.5. The van der Waals surface area contributed by atoms with Crippen molar-refractivity contribution in [1.29, 1.82) is 0 Å². The van der Waals surface area contributed by atoms with Gasteiger partial charge >= 0.3 is 0 Å². The van der Waals surface area contributed by atoms with Gasteiger partial charge in [0, 0.05) is 25.4 Å². The molecule has 2 rings (SSSR count). The second-order valence-electron chi connectivity index (χ2n) is 4.99. The number of amides is 1. The minimum atomic E-state index is 0.264. The number of benzene rings is 1. The quantitative estimate of drug-likeness (QED) is 0.735. The molecule has 0 N–H and O–H groups in total. The molecule has 102 valence electrons. The van der Waals surface area contributed by atoms with Gasteiger partial charge in [-0.2, -0.15) is 0 Å². The van der Waals surface area contributed by atoms with Crippen LogP contribution >= 0.6 is 0 Å². The zero-order valence-electron chi connectivity index (χ0n) is 11.5. The highest BCUT2D eigenvalue weighted by Gasteiger charge is 2.26. The summed E-state index contributed by atoms with van der Waals surface area (Å²) in [6, 6.07) is 8.11. The minimum absolute atomic E-state index is 0.264. The fraction of sp³-hybridized carbons (Fsp3) is 0.438. The van der Waals surface area contributed by atoms with Crippen LogP contribution in [0.5, 0.6) is 5.75 Å². The smallest absolute Gasteiger partial charge is 0.223 e. The maximum absolute atomic E-state index is 11.7. The summed E-state index contributed by atoms with van der Waals surface area (Å²) in [5.74, 6) is 1.49. The van der Waals surface area contributed by atoms with Gasteiger partial charge in [-0.1, -0.05) is 18.2 Å². The van der Waals surface area contributed by atoms with Crippen LogP contribution in [0.15, 0.2) is 36.9 Å². The number of hydrogen-bond donors (Lipinski definition) is 0.